The first-order chi connectivity index (χ1) is 9.70. The van der Waals surface area contributed by atoms with Gasteiger partial charge in [-0.2, -0.15) is 0 Å². The molecule has 5 nitrogen and oxygen atoms in total. The zero-order valence-electron chi connectivity index (χ0n) is 12.8. The van der Waals surface area contributed by atoms with Gasteiger partial charge >= 0.3 is 6.09 Å². The predicted molar refractivity (Wildman–Crippen MR) is 86.4 cm³/mol. The number of para-hydroxylation sites is 1. The SMILES string of the molecule is CC(=O)N(CCNC(=O)OC(C)(C)C)c1ccccc1Br. The number of hydrogen-bond acceptors (Lipinski definition) is 3. The van der Waals surface area contributed by atoms with Gasteiger partial charge in [0.15, 0.2) is 0 Å². The molecule has 0 heterocycles. The molecular weight excluding hydrogens is 336 g/mol. The summed E-state index contributed by atoms with van der Waals surface area (Å²) in [5, 5.41) is 2.64. The van der Waals surface area contributed by atoms with Crippen molar-refractivity contribution in [2.75, 3.05) is 18.0 Å². The van der Waals surface area contributed by atoms with E-state index in [-0.39, 0.29) is 5.91 Å². The van der Waals surface area contributed by atoms with Crippen LogP contribution in [0.5, 0.6) is 0 Å². The highest BCUT2D eigenvalue weighted by Crippen LogP contribution is 2.25. The molecule has 0 unspecified atom stereocenters. The molecule has 0 aliphatic carbocycles. The Morgan fingerprint density at radius 1 is 1.29 bits per heavy atom. The van der Waals surface area contributed by atoms with Crippen LogP contribution < -0.4 is 10.2 Å². The van der Waals surface area contributed by atoms with Crippen LogP contribution >= 0.6 is 15.9 Å². The summed E-state index contributed by atoms with van der Waals surface area (Å²) in [6, 6.07) is 7.45. The maximum Gasteiger partial charge on any atom is 0.407 e. The topological polar surface area (TPSA) is 58.6 Å². The number of carbonyl (C=O) groups is 2. The molecule has 0 spiro atoms. The van der Waals surface area contributed by atoms with Crippen LogP contribution in [0.2, 0.25) is 0 Å². The van der Waals surface area contributed by atoms with Gasteiger partial charge in [0.05, 0.1) is 5.69 Å². The molecule has 0 saturated heterocycles. The Morgan fingerprint density at radius 2 is 1.90 bits per heavy atom. The Bertz CT molecular complexity index is 512. The van der Waals surface area contributed by atoms with Crippen molar-refractivity contribution in [2.45, 2.75) is 33.3 Å². The minimum absolute atomic E-state index is 0.0899. The number of benzene rings is 1. The van der Waals surface area contributed by atoms with E-state index >= 15 is 0 Å². The van der Waals surface area contributed by atoms with Crippen molar-refractivity contribution in [1.29, 1.82) is 0 Å². The van der Waals surface area contributed by atoms with Gasteiger partial charge in [-0.15, -0.1) is 0 Å². The predicted octanol–water partition coefficient (Wildman–Crippen LogP) is 3.33. The minimum Gasteiger partial charge on any atom is -0.444 e. The second kappa shape index (κ2) is 7.45. The highest BCUT2D eigenvalue weighted by Gasteiger charge is 2.17. The Kier molecular flexibility index (Phi) is 6.20. The number of halogens is 1. The Hall–Kier alpha value is -1.56. The number of rotatable bonds is 4. The fourth-order valence-electron chi connectivity index (χ4n) is 1.70. The van der Waals surface area contributed by atoms with Gasteiger partial charge in [-0.1, -0.05) is 12.1 Å². The van der Waals surface area contributed by atoms with Gasteiger partial charge in [0.2, 0.25) is 5.91 Å². The highest BCUT2D eigenvalue weighted by molar-refractivity contribution is 9.10. The summed E-state index contributed by atoms with van der Waals surface area (Å²) in [6.07, 6.45) is -0.488. The third-order valence-corrected chi connectivity index (χ3v) is 3.20. The van der Waals surface area contributed by atoms with Gasteiger partial charge in [0.1, 0.15) is 5.60 Å². The molecular formula is C15H21BrN2O3. The van der Waals surface area contributed by atoms with Crippen LogP contribution in [0.1, 0.15) is 27.7 Å². The van der Waals surface area contributed by atoms with E-state index in [0.29, 0.717) is 13.1 Å². The molecule has 6 heteroatoms. The normalized spacial score (nSPS) is 10.9. The van der Waals surface area contributed by atoms with Crippen LogP contribution in [0.15, 0.2) is 28.7 Å². The van der Waals surface area contributed by atoms with Gasteiger partial charge < -0.3 is 15.0 Å². The Labute approximate surface area is 133 Å². The molecule has 0 aromatic heterocycles. The lowest BCUT2D eigenvalue weighted by atomic mass is 10.2. The highest BCUT2D eigenvalue weighted by atomic mass is 79.9. The summed E-state index contributed by atoms with van der Waals surface area (Å²) < 4.78 is 5.98. The lowest BCUT2D eigenvalue weighted by molar-refractivity contribution is -0.116. The summed E-state index contributed by atoms with van der Waals surface area (Å²) in [4.78, 5) is 24.9. The van der Waals surface area contributed by atoms with E-state index in [1.54, 1.807) is 25.7 Å². The summed E-state index contributed by atoms with van der Waals surface area (Å²) in [5.41, 5.74) is 0.239. The van der Waals surface area contributed by atoms with Crippen molar-refractivity contribution in [3.63, 3.8) is 0 Å². The molecule has 0 aliphatic rings. The number of carbonyl (C=O) groups excluding carboxylic acids is 2. The van der Waals surface area contributed by atoms with Crippen molar-refractivity contribution in [1.82, 2.24) is 5.32 Å². The van der Waals surface area contributed by atoms with Crippen LogP contribution in [-0.2, 0) is 9.53 Å². The van der Waals surface area contributed by atoms with E-state index in [1.807, 2.05) is 24.3 Å². The number of anilines is 1. The largest absolute Gasteiger partial charge is 0.444 e. The summed E-state index contributed by atoms with van der Waals surface area (Å²) >= 11 is 3.42. The molecule has 0 radical (unpaired) electrons. The number of nitrogens with one attached hydrogen (secondary N) is 1. The third-order valence-electron chi connectivity index (χ3n) is 2.53. The monoisotopic (exact) mass is 356 g/mol. The zero-order chi connectivity index (χ0) is 16.0. The van der Waals surface area contributed by atoms with E-state index in [0.717, 1.165) is 10.2 Å². The fraction of sp³-hybridized carbons (Fsp3) is 0.467. The lowest BCUT2D eigenvalue weighted by Crippen LogP contribution is -2.39. The van der Waals surface area contributed by atoms with Gasteiger partial charge in [-0.25, -0.2) is 4.79 Å². The van der Waals surface area contributed by atoms with Gasteiger partial charge in [-0.3, -0.25) is 4.79 Å². The molecule has 0 fully saturated rings. The van der Waals surface area contributed by atoms with Gasteiger partial charge in [0, 0.05) is 24.5 Å². The summed E-state index contributed by atoms with van der Waals surface area (Å²) in [6.45, 7) is 7.58. The van der Waals surface area contributed by atoms with E-state index in [4.69, 9.17) is 4.74 Å². The van der Waals surface area contributed by atoms with Gasteiger partial charge in [0.25, 0.3) is 0 Å². The zero-order valence-corrected chi connectivity index (χ0v) is 14.4. The van der Waals surface area contributed by atoms with Crippen molar-refractivity contribution in [3.05, 3.63) is 28.7 Å². The molecule has 0 atom stereocenters. The van der Waals surface area contributed by atoms with E-state index in [9.17, 15) is 9.59 Å². The van der Waals surface area contributed by atoms with E-state index in [2.05, 4.69) is 21.2 Å². The van der Waals surface area contributed by atoms with Crippen molar-refractivity contribution >= 4 is 33.6 Å². The average Bonchev–Trinajstić information content (AvgIpc) is 2.33. The number of amides is 2. The first-order valence-corrected chi connectivity index (χ1v) is 7.49. The number of nitrogens with zero attached hydrogens (tertiary/aromatic N) is 1. The summed E-state index contributed by atoms with van der Waals surface area (Å²) in [5.74, 6) is -0.0899. The van der Waals surface area contributed by atoms with Crippen LogP contribution in [0.3, 0.4) is 0 Å². The molecule has 116 valence electrons. The van der Waals surface area contributed by atoms with E-state index < -0.39 is 11.7 Å². The molecule has 0 bridgehead atoms. The molecule has 1 rings (SSSR count). The lowest BCUT2D eigenvalue weighted by Gasteiger charge is -2.23. The van der Waals surface area contributed by atoms with Crippen molar-refractivity contribution in [2.24, 2.45) is 0 Å². The maximum atomic E-state index is 11.8. The van der Waals surface area contributed by atoms with Crippen LogP contribution in [0, 0.1) is 0 Å². The van der Waals surface area contributed by atoms with Crippen LogP contribution in [0.4, 0.5) is 10.5 Å². The Balaban J connectivity index is 2.60. The number of hydrogen-bond donors (Lipinski definition) is 1. The first kappa shape index (κ1) is 17.5. The quantitative estimate of drug-likeness (QED) is 0.899. The molecule has 1 aromatic rings. The van der Waals surface area contributed by atoms with Crippen LogP contribution in [-0.4, -0.2) is 30.7 Å². The molecule has 21 heavy (non-hydrogen) atoms. The maximum absolute atomic E-state index is 11.8. The minimum atomic E-state index is -0.535. The molecule has 2 amide bonds. The van der Waals surface area contributed by atoms with Crippen LogP contribution in [0.25, 0.3) is 0 Å². The smallest absolute Gasteiger partial charge is 0.407 e. The fourth-order valence-corrected chi connectivity index (χ4v) is 2.20. The van der Waals surface area contributed by atoms with Crippen molar-refractivity contribution < 1.29 is 14.3 Å². The van der Waals surface area contributed by atoms with E-state index in [1.165, 1.54) is 6.92 Å². The van der Waals surface area contributed by atoms with Crippen molar-refractivity contribution in [3.8, 4) is 0 Å². The second-order valence-electron chi connectivity index (χ2n) is 5.55. The number of alkyl carbamates (subject to hydrolysis) is 1. The molecule has 0 aliphatic heterocycles. The standard InChI is InChI=1S/C15H21BrN2O3/c1-11(19)18(13-8-6-5-7-12(13)16)10-9-17-14(20)21-15(2,3)4/h5-8H,9-10H2,1-4H3,(H,17,20). The molecule has 1 N–H and O–H groups in total. The Morgan fingerprint density at radius 3 is 2.43 bits per heavy atom. The van der Waals surface area contributed by atoms with Gasteiger partial charge in [-0.05, 0) is 48.8 Å². The average molecular weight is 357 g/mol. The molecule has 0 saturated carbocycles. The second-order valence-corrected chi connectivity index (χ2v) is 6.41. The molecule has 1 aromatic carbocycles. The summed E-state index contributed by atoms with van der Waals surface area (Å²) in [7, 11) is 0. The third kappa shape index (κ3) is 6.16. The first-order valence-electron chi connectivity index (χ1n) is 6.70. The number of ether oxygens (including phenoxy) is 1.